The van der Waals surface area contributed by atoms with E-state index in [4.69, 9.17) is 9.97 Å². The molecule has 0 atom stereocenters. The molecule has 4 heterocycles. The highest BCUT2D eigenvalue weighted by atomic mass is 15.1. The van der Waals surface area contributed by atoms with Gasteiger partial charge >= 0.3 is 0 Å². The second-order valence-electron chi connectivity index (χ2n) is 12.2. The van der Waals surface area contributed by atoms with E-state index in [1.165, 1.54) is 59.6 Å². The highest BCUT2D eigenvalue weighted by molar-refractivity contribution is 6.35. The van der Waals surface area contributed by atoms with Crippen molar-refractivity contribution in [2.45, 2.75) is 0 Å². The molecular formula is C42H24N4. The van der Waals surface area contributed by atoms with E-state index >= 15 is 0 Å². The second kappa shape index (κ2) is 8.68. The minimum absolute atomic E-state index is 0.837. The van der Waals surface area contributed by atoms with Crippen LogP contribution in [0, 0.1) is 0 Å². The van der Waals surface area contributed by atoms with Gasteiger partial charge in [-0.15, -0.1) is 0 Å². The molecule has 0 aliphatic rings. The highest BCUT2D eigenvalue weighted by Gasteiger charge is 2.26. The summed E-state index contributed by atoms with van der Waals surface area (Å²) in [6, 6.07) is 52.0. The summed E-state index contributed by atoms with van der Waals surface area (Å²) in [6.07, 6.45) is 0. The summed E-state index contributed by atoms with van der Waals surface area (Å²) in [7, 11) is 0. The van der Waals surface area contributed by atoms with Gasteiger partial charge in [0.1, 0.15) is 5.69 Å². The zero-order valence-corrected chi connectivity index (χ0v) is 24.6. The van der Waals surface area contributed by atoms with Gasteiger partial charge in [0.2, 0.25) is 0 Å². The number of aromatic nitrogens is 4. The molecule has 0 bridgehead atoms. The van der Waals surface area contributed by atoms with Crippen molar-refractivity contribution in [1.29, 1.82) is 0 Å². The Morgan fingerprint density at radius 3 is 1.83 bits per heavy atom. The Labute approximate surface area is 262 Å². The van der Waals surface area contributed by atoms with Gasteiger partial charge in [-0.25, -0.2) is 9.97 Å². The van der Waals surface area contributed by atoms with Gasteiger partial charge < -0.3 is 4.40 Å². The van der Waals surface area contributed by atoms with Crippen LogP contribution in [-0.2, 0) is 0 Å². The molecule has 11 aromatic rings. The number of rotatable bonds is 2. The van der Waals surface area contributed by atoms with Gasteiger partial charge in [-0.05, 0) is 53.2 Å². The van der Waals surface area contributed by atoms with E-state index in [0.29, 0.717) is 0 Å². The Hall–Kier alpha value is -6.26. The van der Waals surface area contributed by atoms with Crippen molar-refractivity contribution < 1.29 is 0 Å². The number of nitrogens with zero attached hydrogens (tertiary/aromatic N) is 4. The molecule has 4 heteroatoms. The van der Waals surface area contributed by atoms with Crippen LogP contribution in [0.2, 0.25) is 0 Å². The zero-order chi connectivity index (χ0) is 29.9. The van der Waals surface area contributed by atoms with E-state index in [9.17, 15) is 0 Å². The van der Waals surface area contributed by atoms with Crippen molar-refractivity contribution in [2.75, 3.05) is 0 Å². The van der Waals surface area contributed by atoms with Crippen molar-refractivity contribution in [2.24, 2.45) is 0 Å². The van der Waals surface area contributed by atoms with Gasteiger partial charge in [-0.2, -0.15) is 0 Å². The van der Waals surface area contributed by atoms with Crippen LogP contribution in [0.3, 0.4) is 0 Å². The number of hydrogen-bond donors (Lipinski definition) is 0. The van der Waals surface area contributed by atoms with E-state index < -0.39 is 0 Å². The highest BCUT2D eigenvalue weighted by Crippen LogP contribution is 2.47. The van der Waals surface area contributed by atoms with E-state index in [0.717, 1.165) is 39.1 Å². The molecule has 0 saturated heterocycles. The molecule has 11 rings (SSSR count). The first-order chi connectivity index (χ1) is 22.8. The van der Waals surface area contributed by atoms with Gasteiger partial charge in [-0.1, -0.05) is 103 Å². The molecule has 7 aromatic carbocycles. The standard InChI is InChI=1S/C42H24N4/c1-2-12-25(13-3-1)39-42(44-34-19-9-8-18-33(34)43-39)46-36-21-11-7-17-29(36)31-24-30-28-16-6-10-20-35(28)45-37-23-27-15-5-4-14-26(27)22-32(37)38(40(30)45)41(31)46/h1-24H. The van der Waals surface area contributed by atoms with Crippen LogP contribution in [0.15, 0.2) is 146 Å². The molecule has 0 spiro atoms. The normalized spacial score (nSPS) is 12.3. The maximum absolute atomic E-state index is 5.41. The molecule has 0 aliphatic carbocycles. The Morgan fingerprint density at radius 1 is 0.413 bits per heavy atom. The molecule has 0 fully saturated rings. The topological polar surface area (TPSA) is 35.1 Å². The van der Waals surface area contributed by atoms with Gasteiger partial charge in [0.25, 0.3) is 0 Å². The summed E-state index contributed by atoms with van der Waals surface area (Å²) in [5.74, 6) is 0.837. The summed E-state index contributed by atoms with van der Waals surface area (Å²) >= 11 is 0. The molecule has 0 saturated carbocycles. The largest absolute Gasteiger partial charge is 0.308 e. The Balaban J connectivity index is 1.44. The first kappa shape index (κ1) is 24.1. The van der Waals surface area contributed by atoms with Crippen molar-refractivity contribution in [1.82, 2.24) is 18.9 Å². The van der Waals surface area contributed by atoms with Gasteiger partial charge in [0, 0.05) is 37.9 Å². The fourth-order valence-corrected chi connectivity index (χ4v) is 7.85. The minimum atomic E-state index is 0.837. The van der Waals surface area contributed by atoms with E-state index in [1.807, 2.05) is 18.2 Å². The predicted molar refractivity (Wildman–Crippen MR) is 191 cm³/mol. The molecular weight excluding hydrogens is 560 g/mol. The fourth-order valence-electron chi connectivity index (χ4n) is 7.85. The summed E-state index contributed by atoms with van der Waals surface area (Å²) in [5.41, 5.74) is 9.64. The van der Waals surface area contributed by atoms with Crippen molar-refractivity contribution >= 4 is 81.7 Å². The molecule has 0 radical (unpaired) electrons. The molecule has 0 aliphatic heterocycles. The number of benzene rings is 7. The Morgan fingerprint density at radius 2 is 1.02 bits per heavy atom. The fraction of sp³-hybridized carbons (Fsp3) is 0. The van der Waals surface area contributed by atoms with E-state index in [2.05, 4.69) is 136 Å². The average Bonchev–Trinajstić information content (AvgIpc) is 3.74. The third kappa shape index (κ3) is 3.03. The monoisotopic (exact) mass is 584 g/mol. The van der Waals surface area contributed by atoms with Gasteiger partial charge in [0.15, 0.2) is 5.82 Å². The van der Waals surface area contributed by atoms with Crippen LogP contribution in [-0.4, -0.2) is 18.9 Å². The van der Waals surface area contributed by atoms with Crippen LogP contribution in [0.5, 0.6) is 0 Å². The lowest BCUT2D eigenvalue weighted by Gasteiger charge is -2.14. The lowest BCUT2D eigenvalue weighted by molar-refractivity contribution is 1.08. The SMILES string of the molecule is c1ccc(-c2nc3ccccc3nc2-n2c3ccccc3c3cc4c5ccccc5n5c6cc7ccccc7cc6c(c32)c45)cc1. The molecule has 212 valence electrons. The van der Waals surface area contributed by atoms with Gasteiger partial charge in [-0.3, -0.25) is 4.57 Å². The second-order valence-corrected chi connectivity index (χ2v) is 12.2. The first-order valence-corrected chi connectivity index (χ1v) is 15.7. The number of fused-ring (bicyclic) bond motifs is 12. The average molecular weight is 585 g/mol. The summed E-state index contributed by atoms with van der Waals surface area (Å²) in [5, 5.41) is 9.93. The van der Waals surface area contributed by atoms with Gasteiger partial charge in [0.05, 0.1) is 38.6 Å². The van der Waals surface area contributed by atoms with Crippen molar-refractivity contribution in [3.05, 3.63) is 146 Å². The lowest BCUT2D eigenvalue weighted by atomic mass is 10.0. The maximum atomic E-state index is 5.41. The Kier molecular flexibility index (Phi) is 4.55. The lowest BCUT2D eigenvalue weighted by Crippen LogP contribution is -2.03. The molecule has 4 aromatic heterocycles. The zero-order valence-electron chi connectivity index (χ0n) is 24.6. The summed E-state index contributed by atoms with van der Waals surface area (Å²) in [6.45, 7) is 0. The molecule has 0 amide bonds. The number of hydrogen-bond acceptors (Lipinski definition) is 2. The van der Waals surface area contributed by atoms with Crippen LogP contribution in [0.25, 0.3) is 98.8 Å². The van der Waals surface area contributed by atoms with Crippen LogP contribution >= 0.6 is 0 Å². The molecule has 0 unspecified atom stereocenters. The molecule has 4 nitrogen and oxygen atoms in total. The molecule has 46 heavy (non-hydrogen) atoms. The summed E-state index contributed by atoms with van der Waals surface area (Å²) < 4.78 is 4.86. The predicted octanol–water partition coefficient (Wildman–Crippen LogP) is 10.7. The molecule has 0 N–H and O–H groups in total. The first-order valence-electron chi connectivity index (χ1n) is 15.7. The van der Waals surface area contributed by atoms with Crippen LogP contribution in [0.1, 0.15) is 0 Å². The van der Waals surface area contributed by atoms with Crippen molar-refractivity contribution in [3.63, 3.8) is 0 Å². The summed E-state index contributed by atoms with van der Waals surface area (Å²) in [4.78, 5) is 10.7. The Bertz CT molecular complexity index is 3020. The third-order valence-electron chi connectivity index (χ3n) is 9.78. The van der Waals surface area contributed by atoms with E-state index in [-0.39, 0.29) is 0 Å². The smallest absolute Gasteiger partial charge is 0.165 e. The van der Waals surface area contributed by atoms with Crippen LogP contribution < -0.4 is 0 Å². The quantitative estimate of drug-likeness (QED) is 0.203. The van der Waals surface area contributed by atoms with E-state index in [1.54, 1.807) is 0 Å². The number of para-hydroxylation sites is 4. The maximum Gasteiger partial charge on any atom is 0.165 e. The van der Waals surface area contributed by atoms with Crippen molar-refractivity contribution in [3.8, 4) is 17.1 Å². The minimum Gasteiger partial charge on any atom is -0.308 e. The van der Waals surface area contributed by atoms with Crippen LogP contribution in [0.4, 0.5) is 0 Å². The third-order valence-corrected chi connectivity index (χ3v) is 9.78.